The quantitative estimate of drug-likeness (QED) is 0.0991. The molecule has 0 aliphatic carbocycles. The number of carbonyl (C=O) groups is 2. The van der Waals surface area contributed by atoms with Crippen LogP contribution in [0.4, 0.5) is 0 Å². The van der Waals surface area contributed by atoms with E-state index in [0.717, 1.165) is 77.0 Å². The van der Waals surface area contributed by atoms with Gasteiger partial charge in [-0.3, -0.25) is 9.59 Å². The first-order chi connectivity index (χ1) is 15.9. The van der Waals surface area contributed by atoms with E-state index in [2.05, 4.69) is 13.8 Å². The molecule has 0 aliphatic rings. The molecule has 2 N–H and O–H groups in total. The highest BCUT2D eigenvalue weighted by molar-refractivity contribution is 6.20. The molecule has 0 amide bonds. The van der Waals surface area contributed by atoms with Gasteiger partial charge in [0.05, 0.1) is 11.8 Å². The molecule has 3 unspecified atom stereocenters. The van der Waals surface area contributed by atoms with Crippen molar-refractivity contribution >= 4 is 23.5 Å². The van der Waals surface area contributed by atoms with Crippen LogP contribution >= 0.6 is 11.6 Å². The predicted molar refractivity (Wildman–Crippen MR) is 140 cm³/mol. The van der Waals surface area contributed by atoms with Crippen LogP contribution in [0, 0.1) is 11.8 Å². The van der Waals surface area contributed by atoms with E-state index in [1.54, 1.807) is 0 Å². The van der Waals surface area contributed by atoms with E-state index in [-0.39, 0.29) is 17.2 Å². The van der Waals surface area contributed by atoms with Crippen LogP contribution in [0.3, 0.4) is 0 Å². The third kappa shape index (κ3) is 20.3. The van der Waals surface area contributed by atoms with Gasteiger partial charge < -0.3 is 10.2 Å². The van der Waals surface area contributed by atoms with Gasteiger partial charge in [0.2, 0.25) is 0 Å². The highest BCUT2D eigenvalue weighted by atomic mass is 35.5. The van der Waals surface area contributed by atoms with Crippen LogP contribution < -0.4 is 0 Å². The largest absolute Gasteiger partial charge is 0.481 e. The predicted octanol–water partition coefficient (Wildman–Crippen LogP) is 9.23. The molecule has 0 fully saturated rings. The Morgan fingerprint density at radius 1 is 0.545 bits per heavy atom. The average molecular weight is 489 g/mol. The lowest BCUT2D eigenvalue weighted by Gasteiger charge is -2.16. The molecule has 33 heavy (non-hydrogen) atoms. The topological polar surface area (TPSA) is 74.6 Å². The Kier molecular flexibility index (Phi) is 22.5. The molecule has 4 nitrogen and oxygen atoms in total. The molecular formula is C28H53ClO4. The van der Waals surface area contributed by atoms with Crippen molar-refractivity contribution in [3.8, 4) is 0 Å². The van der Waals surface area contributed by atoms with Crippen LogP contribution in [0.25, 0.3) is 0 Å². The lowest BCUT2D eigenvalue weighted by atomic mass is 9.93. The van der Waals surface area contributed by atoms with Crippen LogP contribution in [0.5, 0.6) is 0 Å². The molecule has 0 heterocycles. The summed E-state index contributed by atoms with van der Waals surface area (Å²) in [4.78, 5) is 23.1. The number of carboxylic acids is 2. The lowest BCUT2D eigenvalue weighted by Crippen LogP contribution is -2.18. The summed E-state index contributed by atoms with van der Waals surface area (Å²) in [7, 11) is 0. The van der Waals surface area contributed by atoms with Crippen LogP contribution in [0.1, 0.15) is 149 Å². The molecule has 0 spiro atoms. The van der Waals surface area contributed by atoms with Gasteiger partial charge in [0.1, 0.15) is 0 Å². The monoisotopic (exact) mass is 488 g/mol. The SMILES string of the molecule is CCCCCCCCC(CCCCCCC(Cl)CC(CCCCCCCC)C(=O)O)C(=O)O. The maximum absolute atomic E-state index is 11.6. The van der Waals surface area contributed by atoms with Gasteiger partial charge in [-0.05, 0) is 32.1 Å². The molecule has 0 aromatic heterocycles. The summed E-state index contributed by atoms with van der Waals surface area (Å²) in [5.41, 5.74) is 0. The van der Waals surface area contributed by atoms with E-state index in [1.165, 1.54) is 51.4 Å². The Bertz CT molecular complexity index is 469. The minimum atomic E-state index is -0.709. The molecule has 3 atom stereocenters. The minimum absolute atomic E-state index is 0.0781. The lowest BCUT2D eigenvalue weighted by molar-refractivity contribution is -0.143. The molecular weight excluding hydrogens is 436 g/mol. The fraction of sp³-hybridized carbons (Fsp3) is 0.929. The summed E-state index contributed by atoms with van der Waals surface area (Å²) >= 11 is 6.47. The maximum Gasteiger partial charge on any atom is 0.306 e. The molecule has 0 bridgehead atoms. The summed E-state index contributed by atoms with van der Waals surface area (Å²) in [6.45, 7) is 4.41. The fourth-order valence-electron chi connectivity index (χ4n) is 4.61. The highest BCUT2D eigenvalue weighted by Crippen LogP contribution is 2.24. The van der Waals surface area contributed by atoms with Gasteiger partial charge in [0.15, 0.2) is 0 Å². The van der Waals surface area contributed by atoms with E-state index < -0.39 is 11.9 Å². The first kappa shape index (κ1) is 32.2. The van der Waals surface area contributed by atoms with Gasteiger partial charge in [0, 0.05) is 5.38 Å². The summed E-state index contributed by atoms with van der Waals surface area (Å²) in [6, 6.07) is 0. The summed E-state index contributed by atoms with van der Waals surface area (Å²) < 4.78 is 0. The summed E-state index contributed by atoms with van der Waals surface area (Å²) in [5, 5.41) is 18.9. The Hall–Kier alpha value is -0.770. The normalized spacial score (nSPS) is 14.2. The molecule has 0 saturated carbocycles. The van der Waals surface area contributed by atoms with Gasteiger partial charge in [-0.1, -0.05) is 117 Å². The number of hydrogen-bond donors (Lipinski definition) is 2. The maximum atomic E-state index is 11.6. The minimum Gasteiger partial charge on any atom is -0.481 e. The van der Waals surface area contributed by atoms with E-state index in [4.69, 9.17) is 11.6 Å². The van der Waals surface area contributed by atoms with Crippen molar-refractivity contribution in [1.82, 2.24) is 0 Å². The zero-order valence-corrected chi connectivity index (χ0v) is 22.4. The zero-order chi connectivity index (χ0) is 24.7. The van der Waals surface area contributed by atoms with Gasteiger partial charge in [-0.2, -0.15) is 0 Å². The van der Waals surface area contributed by atoms with Crippen molar-refractivity contribution in [1.29, 1.82) is 0 Å². The molecule has 0 saturated heterocycles. The van der Waals surface area contributed by atoms with Crippen molar-refractivity contribution in [2.24, 2.45) is 11.8 Å². The molecule has 0 rings (SSSR count). The second-order valence-corrected chi connectivity index (χ2v) is 10.6. The Labute approximate surface area is 209 Å². The van der Waals surface area contributed by atoms with Gasteiger partial charge in [-0.15, -0.1) is 11.6 Å². The van der Waals surface area contributed by atoms with Crippen LogP contribution in [0.2, 0.25) is 0 Å². The van der Waals surface area contributed by atoms with Gasteiger partial charge >= 0.3 is 11.9 Å². The third-order valence-corrected chi connectivity index (χ3v) is 7.27. The third-order valence-electron chi connectivity index (χ3n) is 6.87. The number of rotatable bonds is 25. The smallest absolute Gasteiger partial charge is 0.306 e. The van der Waals surface area contributed by atoms with Crippen LogP contribution in [-0.2, 0) is 9.59 Å². The molecule has 0 aliphatic heterocycles. The molecule has 5 heteroatoms. The Balaban J connectivity index is 3.89. The number of halogens is 1. The first-order valence-corrected chi connectivity index (χ1v) is 14.5. The van der Waals surface area contributed by atoms with E-state index in [1.807, 2.05) is 0 Å². The van der Waals surface area contributed by atoms with Crippen molar-refractivity contribution in [3.05, 3.63) is 0 Å². The molecule has 0 aromatic carbocycles. The van der Waals surface area contributed by atoms with Gasteiger partial charge in [-0.25, -0.2) is 0 Å². The van der Waals surface area contributed by atoms with E-state index in [0.29, 0.717) is 6.42 Å². The van der Waals surface area contributed by atoms with Gasteiger partial charge in [0.25, 0.3) is 0 Å². The summed E-state index contributed by atoms with van der Waals surface area (Å²) in [6.07, 6.45) is 22.0. The van der Waals surface area contributed by atoms with Crippen molar-refractivity contribution in [2.75, 3.05) is 0 Å². The number of alkyl halides is 1. The second kappa shape index (κ2) is 23.0. The fourth-order valence-corrected chi connectivity index (χ4v) is 4.98. The molecule has 0 radical (unpaired) electrons. The van der Waals surface area contributed by atoms with Crippen molar-refractivity contribution < 1.29 is 19.8 Å². The van der Waals surface area contributed by atoms with Crippen molar-refractivity contribution in [2.45, 2.75) is 154 Å². The summed E-state index contributed by atoms with van der Waals surface area (Å²) in [5.74, 6) is -1.87. The van der Waals surface area contributed by atoms with Crippen LogP contribution in [0.15, 0.2) is 0 Å². The van der Waals surface area contributed by atoms with E-state index >= 15 is 0 Å². The molecule has 196 valence electrons. The number of carboxylic acid groups (broad SMARTS) is 2. The van der Waals surface area contributed by atoms with E-state index in [9.17, 15) is 19.8 Å². The number of aliphatic carboxylic acids is 2. The number of unbranched alkanes of at least 4 members (excludes halogenated alkanes) is 13. The second-order valence-electron chi connectivity index (χ2n) is 10.0. The average Bonchev–Trinajstić information content (AvgIpc) is 2.77. The van der Waals surface area contributed by atoms with Crippen LogP contribution in [-0.4, -0.2) is 27.5 Å². The molecule has 0 aromatic rings. The van der Waals surface area contributed by atoms with Crippen molar-refractivity contribution in [3.63, 3.8) is 0 Å². The first-order valence-electron chi connectivity index (χ1n) is 14.0. The standard InChI is InChI=1S/C28H53ClO4/c1-3-5-7-9-11-15-19-24(27(30)31)20-16-13-14-18-22-26(29)23-25(28(32)33)21-17-12-10-8-6-4-2/h24-26H,3-23H2,1-2H3,(H,30,31)(H,32,33). The Morgan fingerprint density at radius 3 is 1.27 bits per heavy atom. The Morgan fingerprint density at radius 2 is 0.879 bits per heavy atom. The highest BCUT2D eigenvalue weighted by Gasteiger charge is 2.21. The zero-order valence-electron chi connectivity index (χ0n) is 21.7. The number of hydrogen-bond acceptors (Lipinski definition) is 2.